The van der Waals surface area contributed by atoms with E-state index in [4.69, 9.17) is 0 Å². The van der Waals surface area contributed by atoms with Crippen LogP contribution in [-0.2, 0) is 19.6 Å². The maximum absolute atomic E-state index is 14.9. The van der Waals surface area contributed by atoms with Gasteiger partial charge in [-0.3, -0.25) is 14.6 Å². The molecule has 3 heterocycles. The van der Waals surface area contributed by atoms with E-state index in [0.29, 0.717) is 29.8 Å². The van der Waals surface area contributed by atoms with Gasteiger partial charge in [-0.25, -0.2) is 4.39 Å². The summed E-state index contributed by atoms with van der Waals surface area (Å²) in [4.78, 5) is 18.0. The molecule has 2 atom stereocenters. The molecule has 6 nitrogen and oxygen atoms in total. The van der Waals surface area contributed by atoms with E-state index in [1.54, 1.807) is 6.07 Å². The van der Waals surface area contributed by atoms with Crippen molar-refractivity contribution >= 4 is 5.91 Å². The number of amides is 1. The average molecular weight is 543 g/mol. The summed E-state index contributed by atoms with van der Waals surface area (Å²) >= 11 is 0. The van der Waals surface area contributed by atoms with Crippen LogP contribution in [0, 0.1) is 5.82 Å². The summed E-state index contributed by atoms with van der Waals surface area (Å²) in [5.41, 5.74) is 5.34. The molecule has 3 saturated heterocycles. The van der Waals surface area contributed by atoms with Crippen molar-refractivity contribution in [1.29, 1.82) is 0 Å². The first kappa shape index (κ1) is 27.1. The normalized spacial score (nSPS) is 22.5. The number of likely N-dealkylation sites (N-methyl/N-ethyl adjacent to an activating group) is 1. The lowest BCUT2D eigenvalue weighted by atomic mass is 10.00. The summed E-state index contributed by atoms with van der Waals surface area (Å²) in [6.45, 7) is 8.65. The van der Waals surface area contributed by atoms with Gasteiger partial charge in [0.25, 0.3) is 5.91 Å². The van der Waals surface area contributed by atoms with E-state index in [0.717, 1.165) is 73.5 Å². The minimum atomic E-state index is -0.246. The van der Waals surface area contributed by atoms with Crippen LogP contribution in [0.1, 0.15) is 33.5 Å². The van der Waals surface area contributed by atoms with Crippen LogP contribution in [0.5, 0.6) is 0 Å². The monoisotopic (exact) mass is 542 g/mol. The zero-order valence-electron chi connectivity index (χ0n) is 23.7. The molecule has 2 N–H and O–H groups in total. The lowest BCUT2D eigenvalue weighted by Gasteiger charge is -2.39. The van der Waals surface area contributed by atoms with Crippen molar-refractivity contribution in [2.24, 2.45) is 0 Å². The predicted octanol–water partition coefficient (Wildman–Crippen LogP) is 3.86. The zero-order valence-corrected chi connectivity index (χ0v) is 23.7. The van der Waals surface area contributed by atoms with Gasteiger partial charge in [0.05, 0.1) is 27.2 Å². The highest BCUT2D eigenvalue weighted by atomic mass is 19.1. The number of piperazine rings is 2. The molecule has 0 spiro atoms. The molecule has 0 unspecified atom stereocenters. The van der Waals surface area contributed by atoms with Crippen molar-refractivity contribution in [2.75, 3.05) is 53.4 Å². The van der Waals surface area contributed by atoms with Gasteiger partial charge in [0.2, 0.25) is 0 Å². The number of hydrogen-bond donors (Lipinski definition) is 2. The minimum absolute atomic E-state index is 0.111. The lowest BCUT2D eigenvalue weighted by molar-refractivity contribution is -0.894. The van der Waals surface area contributed by atoms with Crippen molar-refractivity contribution in [3.8, 4) is 11.1 Å². The third-order valence-corrected chi connectivity index (χ3v) is 8.92. The maximum Gasteiger partial charge on any atom is 0.251 e. The van der Waals surface area contributed by atoms with Crippen LogP contribution in [0.2, 0.25) is 0 Å². The Morgan fingerprint density at radius 2 is 1.75 bits per heavy atom. The summed E-state index contributed by atoms with van der Waals surface area (Å²) in [6.07, 6.45) is 1.22. The van der Waals surface area contributed by atoms with Crippen LogP contribution < -0.4 is 10.6 Å². The minimum Gasteiger partial charge on any atom is -0.348 e. The summed E-state index contributed by atoms with van der Waals surface area (Å²) in [5.74, 6) is -0.357. The van der Waals surface area contributed by atoms with Crippen molar-refractivity contribution in [3.63, 3.8) is 0 Å². The van der Waals surface area contributed by atoms with Crippen LogP contribution in [0.3, 0.4) is 0 Å². The summed E-state index contributed by atoms with van der Waals surface area (Å²) in [7, 11) is 4.56. The largest absolute Gasteiger partial charge is 0.348 e. The Kier molecular flexibility index (Phi) is 7.73. The number of quaternary nitrogens is 1. The first-order chi connectivity index (χ1) is 19.3. The summed E-state index contributed by atoms with van der Waals surface area (Å²) < 4.78 is 16.0. The molecule has 0 aromatic heterocycles. The Hall–Kier alpha value is -3.10. The molecule has 3 aromatic carbocycles. The van der Waals surface area contributed by atoms with Crippen molar-refractivity contribution < 1.29 is 13.7 Å². The average Bonchev–Trinajstić information content (AvgIpc) is 3.57. The van der Waals surface area contributed by atoms with Gasteiger partial charge in [0.15, 0.2) is 0 Å². The zero-order chi connectivity index (χ0) is 27.7. The van der Waals surface area contributed by atoms with Crippen molar-refractivity contribution in [2.45, 2.75) is 38.1 Å². The van der Waals surface area contributed by atoms with E-state index in [9.17, 15) is 9.18 Å². The topological polar surface area (TPSA) is 47.6 Å². The first-order valence-electron chi connectivity index (χ1n) is 14.6. The highest BCUT2D eigenvalue weighted by Crippen LogP contribution is 2.28. The standard InChI is InChI=1S/C33H40FN5O/c1-39(2)13-11-37(12-14-39)21-25-5-4-8-28(16-25)33(40)36-19-24-9-10-32(34)31(17-24)27-7-3-6-26(15-27)22-38-23-29-18-30(38)20-35-29/h3-10,15-17,29-30,35H,11-14,18-23H2,1-2H3/p+1/t29-,30-/m0/s1. The number of carbonyl (C=O) groups excluding carboxylic acids is 1. The molecule has 3 aliphatic heterocycles. The third-order valence-electron chi connectivity index (χ3n) is 8.92. The second-order valence-corrected chi connectivity index (χ2v) is 12.5. The summed E-state index contributed by atoms with van der Waals surface area (Å²) in [5, 5.41) is 6.59. The number of halogens is 1. The van der Waals surface area contributed by atoms with Gasteiger partial charge < -0.3 is 15.1 Å². The van der Waals surface area contributed by atoms with Crippen LogP contribution in [-0.4, -0.2) is 85.6 Å². The number of rotatable bonds is 8. The third kappa shape index (κ3) is 6.28. The Bertz CT molecular complexity index is 1360. The van der Waals surface area contributed by atoms with E-state index in [-0.39, 0.29) is 11.7 Å². The molecule has 2 bridgehead atoms. The number of nitrogens with one attached hydrogen (secondary N) is 2. The summed E-state index contributed by atoms with van der Waals surface area (Å²) in [6, 6.07) is 22.5. The van der Waals surface area contributed by atoms with Gasteiger partial charge in [-0.2, -0.15) is 0 Å². The molecule has 0 radical (unpaired) electrons. The van der Waals surface area contributed by atoms with Gasteiger partial charge in [-0.05, 0) is 59.0 Å². The second-order valence-electron chi connectivity index (χ2n) is 12.5. The number of fused-ring (bicyclic) bond motifs is 2. The highest BCUT2D eigenvalue weighted by molar-refractivity contribution is 5.94. The van der Waals surface area contributed by atoms with Gasteiger partial charge in [0.1, 0.15) is 5.82 Å². The fourth-order valence-electron chi connectivity index (χ4n) is 6.38. The Balaban J connectivity index is 1.08. The van der Waals surface area contributed by atoms with E-state index < -0.39 is 0 Å². The molecule has 1 amide bonds. The van der Waals surface area contributed by atoms with Crippen LogP contribution in [0.25, 0.3) is 11.1 Å². The number of nitrogens with zero attached hydrogens (tertiary/aromatic N) is 3. The molecular weight excluding hydrogens is 501 g/mol. The van der Waals surface area contributed by atoms with Gasteiger partial charge >= 0.3 is 0 Å². The Morgan fingerprint density at radius 1 is 0.975 bits per heavy atom. The van der Waals surface area contributed by atoms with Gasteiger partial charge in [0, 0.05) is 69.0 Å². The Morgan fingerprint density at radius 3 is 2.50 bits per heavy atom. The SMILES string of the molecule is C[N+]1(C)CCN(Cc2cccc(C(=O)NCc3ccc(F)c(-c4cccc(CN5C[C@@H]6C[C@H]5CN6)c4)c3)c2)CC1. The molecular formula is C33H41FN5O+. The van der Waals surface area contributed by atoms with Gasteiger partial charge in [-0.15, -0.1) is 0 Å². The molecule has 3 aliphatic rings. The van der Waals surface area contributed by atoms with Gasteiger partial charge in [-0.1, -0.05) is 36.4 Å². The predicted molar refractivity (Wildman–Crippen MR) is 157 cm³/mol. The number of likely N-dealkylation sites (tertiary alicyclic amines) is 1. The van der Waals surface area contributed by atoms with Crippen LogP contribution >= 0.6 is 0 Å². The lowest BCUT2D eigenvalue weighted by Crippen LogP contribution is -2.54. The molecule has 0 aliphatic carbocycles. The molecule has 7 heteroatoms. The quantitative estimate of drug-likeness (QED) is 0.425. The number of carbonyl (C=O) groups is 1. The molecule has 0 saturated carbocycles. The number of hydrogen-bond acceptors (Lipinski definition) is 4. The highest BCUT2D eigenvalue weighted by Gasteiger charge is 2.37. The fraction of sp³-hybridized carbons (Fsp3) is 0.424. The van der Waals surface area contributed by atoms with E-state index >= 15 is 0 Å². The Labute approximate surface area is 237 Å². The maximum atomic E-state index is 14.9. The van der Waals surface area contributed by atoms with E-state index in [2.05, 4.69) is 52.7 Å². The first-order valence-corrected chi connectivity index (χ1v) is 14.6. The molecule has 40 heavy (non-hydrogen) atoms. The fourth-order valence-corrected chi connectivity index (χ4v) is 6.38. The van der Waals surface area contributed by atoms with Crippen LogP contribution in [0.4, 0.5) is 4.39 Å². The van der Waals surface area contributed by atoms with E-state index in [1.165, 1.54) is 18.1 Å². The molecule has 6 rings (SSSR count). The molecule has 210 valence electrons. The van der Waals surface area contributed by atoms with E-state index in [1.807, 2.05) is 36.4 Å². The molecule has 3 aromatic rings. The van der Waals surface area contributed by atoms with Crippen LogP contribution in [0.15, 0.2) is 66.7 Å². The second kappa shape index (κ2) is 11.4. The molecule has 3 fully saturated rings. The van der Waals surface area contributed by atoms with Crippen molar-refractivity contribution in [3.05, 3.63) is 94.8 Å². The smallest absolute Gasteiger partial charge is 0.251 e. The van der Waals surface area contributed by atoms with Crippen molar-refractivity contribution in [1.82, 2.24) is 20.4 Å². The number of benzene rings is 3.